The minimum absolute atomic E-state index is 0.0564. The van der Waals surface area contributed by atoms with Crippen molar-refractivity contribution in [1.82, 2.24) is 10.2 Å². The minimum Gasteiger partial charge on any atom is -0.497 e. The van der Waals surface area contributed by atoms with Crippen LogP contribution in [0.15, 0.2) is 24.3 Å². The van der Waals surface area contributed by atoms with Crippen molar-refractivity contribution in [3.8, 4) is 5.75 Å². The van der Waals surface area contributed by atoms with Crippen molar-refractivity contribution in [2.24, 2.45) is 0 Å². The van der Waals surface area contributed by atoms with Gasteiger partial charge >= 0.3 is 0 Å². The number of carbonyl (C=O) groups is 1. The van der Waals surface area contributed by atoms with Crippen LogP contribution in [0.25, 0.3) is 0 Å². The Morgan fingerprint density at radius 1 is 1.45 bits per heavy atom. The van der Waals surface area contributed by atoms with Crippen LogP contribution < -0.4 is 15.4 Å². The molecule has 1 aromatic rings. The zero-order valence-corrected chi connectivity index (χ0v) is 12.2. The highest BCUT2D eigenvalue weighted by molar-refractivity contribution is 5.90. The largest absolute Gasteiger partial charge is 0.497 e. The molecule has 20 heavy (non-hydrogen) atoms. The van der Waals surface area contributed by atoms with Crippen molar-refractivity contribution < 1.29 is 9.53 Å². The Morgan fingerprint density at radius 2 is 2.20 bits per heavy atom. The summed E-state index contributed by atoms with van der Waals surface area (Å²) in [6.07, 6.45) is 0.524. The SMILES string of the molecule is COc1ccc(NC(=O)CCN2CCNC[C@@H]2C)cc1. The number of hydrogen-bond donors (Lipinski definition) is 2. The molecule has 0 spiro atoms. The van der Waals surface area contributed by atoms with E-state index in [0.29, 0.717) is 12.5 Å². The molecule has 1 fully saturated rings. The van der Waals surface area contributed by atoms with Crippen molar-refractivity contribution in [1.29, 1.82) is 0 Å². The molecule has 2 rings (SSSR count). The quantitative estimate of drug-likeness (QED) is 0.852. The van der Waals surface area contributed by atoms with Crippen LogP contribution in [-0.2, 0) is 4.79 Å². The summed E-state index contributed by atoms with van der Waals surface area (Å²) in [5.74, 6) is 0.846. The zero-order chi connectivity index (χ0) is 14.4. The van der Waals surface area contributed by atoms with Gasteiger partial charge in [-0.25, -0.2) is 0 Å². The highest BCUT2D eigenvalue weighted by Gasteiger charge is 2.18. The molecule has 1 aliphatic heterocycles. The van der Waals surface area contributed by atoms with E-state index in [2.05, 4.69) is 22.5 Å². The maximum atomic E-state index is 11.9. The van der Waals surface area contributed by atoms with Gasteiger partial charge in [0.05, 0.1) is 7.11 Å². The summed E-state index contributed by atoms with van der Waals surface area (Å²) in [7, 11) is 1.63. The van der Waals surface area contributed by atoms with Gasteiger partial charge in [-0.15, -0.1) is 0 Å². The molecule has 1 amide bonds. The normalized spacial score (nSPS) is 19.6. The van der Waals surface area contributed by atoms with E-state index in [0.717, 1.165) is 37.6 Å². The van der Waals surface area contributed by atoms with Crippen LogP contribution >= 0.6 is 0 Å². The van der Waals surface area contributed by atoms with Gasteiger partial charge in [0.2, 0.25) is 5.91 Å². The van der Waals surface area contributed by atoms with E-state index in [9.17, 15) is 4.79 Å². The number of carbonyl (C=O) groups excluding carboxylic acids is 1. The molecule has 0 saturated carbocycles. The van der Waals surface area contributed by atoms with Gasteiger partial charge in [-0.1, -0.05) is 0 Å². The van der Waals surface area contributed by atoms with E-state index in [1.807, 2.05) is 24.3 Å². The van der Waals surface area contributed by atoms with E-state index < -0.39 is 0 Å². The number of ether oxygens (including phenoxy) is 1. The Morgan fingerprint density at radius 3 is 2.85 bits per heavy atom. The maximum Gasteiger partial charge on any atom is 0.225 e. The third kappa shape index (κ3) is 4.21. The number of benzene rings is 1. The molecule has 0 unspecified atom stereocenters. The third-order valence-electron chi connectivity index (χ3n) is 3.64. The Bertz CT molecular complexity index is 433. The van der Waals surface area contributed by atoms with Crippen molar-refractivity contribution in [2.45, 2.75) is 19.4 Å². The summed E-state index contributed by atoms with van der Waals surface area (Å²) in [6.45, 7) is 6.01. The number of anilines is 1. The van der Waals surface area contributed by atoms with Crippen molar-refractivity contribution in [3.63, 3.8) is 0 Å². The molecule has 0 aromatic heterocycles. The highest BCUT2D eigenvalue weighted by Crippen LogP contribution is 2.15. The molecule has 110 valence electrons. The minimum atomic E-state index is 0.0564. The molecule has 0 radical (unpaired) electrons. The summed E-state index contributed by atoms with van der Waals surface area (Å²) in [4.78, 5) is 14.3. The first kappa shape index (κ1) is 14.8. The van der Waals surface area contributed by atoms with Gasteiger partial charge in [0.25, 0.3) is 0 Å². The Kier molecular flexibility index (Phi) is 5.38. The highest BCUT2D eigenvalue weighted by atomic mass is 16.5. The second-order valence-corrected chi connectivity index (χ2v) is 5.12. The van der Waals surface area contributed by atoms with Gasteiger partial charge in [0, 0.05) is 44.3 Å². The average molecular weight is 277 g/mol. The van der Waals surface area contributed by atoms with E-state index in [1.54, 1.807) is 7.11 Å². The molecule has 1 saturated heterocycles. The Labute approximate surface area is 120 Å². The molecule has 0 aliphatic carbocycles. The fourth-order valence-electron chi connectivity index (χ4n) is 2.36. The monoisotopic (exact) mass is 277 g/mol. The molecule has 1 heterocycles. The van der Waals surface area contributed by atoms with Crippen LogP contribution in [0.2, 0.25) is 0 Å². The number of methoxy groups -OCH3 is 1. The molecule has 0 bridgehead atoms. The Hall–Kier alpha value is -1.59. The standard InChI is InChI=1S/C15H23N3O2/c1-12-11-16-8-10-18(12)9-7-15(19)17-13-3-5-14(20-2)6-4-13/h3-6,12,16H,7-11H2,1-2H3,(H,17,19)/t12-/m0/s1. The van der Waals surface area contributed by atoms with Gasteiger partial charge < -0.3 is 15.4 Å². The number of rotatable bonds is 5. The van der Waals surface area contributed by atoms with Crippen LogP contribution in [0.5, 0.6) is 5.75 Å². The number of hydrogen-bond acceptors (Lipinski definition) is 4. The van der Waals surface area contributed by atoms with Crippen molar-refractivity contribution in [2.75, 3.05) is 38.6 Å². The number of nitrogens with zero attached hydrogens (tertiary/aromatic N) is 1. The van der Waals surface area contributed by atoms with Gasteiger partial charge in [-0.05, 0) is 31.2 Å². The molecule has 1 aliphatic rings. The summed E-state index contributed by atoms with van der Waals surface area (Å²) in [5, 5.41) is 6.26. The second kappa shape index (κ2) is 7.26. The first-order chi connectivity index (χ1) is 9.69. The van der Waals surface area contributed by atoms with Gasteiger partial charge in [0.1, 0.15) is 5.75 Å². The Balaban J connectivity index is 1.76. The van der Waals surface area contributed by atoms with Gasteiger partial charge in [-0.3, -0.25) is 9.69 Å². The fraction of sp³-hybridized carbons (Fsp3) is 0.533. The van der Waals surface area contributed by atoms with E-state index in [4.69, 9.17) is 4.74 Å². The van der Waals surface area contributed by atoms with Crippen LogP contribution in [0, 0.1) is 0 Å². The van der Waals surface area contributed by atoms with Crippen LogP contribution in [0.3, 0.4) is 0 Å². The second-order valence-electron chi connectivity index (χ2n) is 5.12. The lowest BCUT2D eigenvalue weighted by atomic mass is 10.2. The van der Waals surface area contributed by atoms with Crippen LogP contribution in [0.1, 0.15) is 13.3 Å². The predicted octanol–water partition coefficient (Wildman–Crippen LogP) is 1.32. The molecule has 1 aromatic carbocycles. The first-order valence-corrected chi connectivity index (χ1v) is 7.07. The van der Waals surface area contributed by atoms with Crippen molar-refractivity contribution in [3.05, 3.63) is 24.3 Å². The molecular formula is C15H23N3O2. The smallest absolute Gasteiger partial charge is 0.225 e. The lowest BCUT2D eigenvalue weighted by molar-refractivity contribution is -0.116. The molecule has 5 nitrogen and oxygen atoms in total. The van der Waals surface area contributed by atoms with Gasteiger partial charge in [-0.2, -0.15) is 0 Å². The zero-order valence-electron chi connectivity index (χ0n) is 12.2. The maximum absolute atomic E-state index is 11.9. The summed E-state index contributed by atoms with van der Waals surface area (Å²) >= 11 is 0. The predicted molar refractivity (Wildman–Crippen MR) is 80.1 cm³/mol. The van der Waals surface area contributed by atoms with E-state index in [1.165, 1.54) is 0 Å². The van der Waals surface area contributed by atoms with Crippen LogP contribution in [0.4, 0.5) is 5.69 Å². The number of piperazine rings is 1. The lowest BCUT2D eigenvalue weighted by Crippen LogP contribution is -2.50. The summed E-state index contributed by atoms with van der Waals surface area (Å²) in [5.41, 5.74) is 0.809. The topological polar surface area (TPSA) is 53.6 Å². The number of nitrogens with one attached hydrogen (secondary N) is 2. The van der Waals surface area contributed by atoms with Gasteiger partial charge in [0.15, 0.2) is 0 Å². The summed E-state index contributed by atoms with van der Waals surface area (Å²) in [6, 6.07) is 7.88. The average Bonchev–Trinajstić information content (AvgIpc) is 2.47. The molecular weight excluding hydrogens is 254 g/mol. The fourth-order valence-corrected chi connectivity index (χ4v) is 2.36. The molecule has 5 heteroatoms. The molecule has 1 atom stereocenters. The molecule has 2 N–H and O–H groups in total. The van der Waals surface area contributed by atoms with E-state index in [-0.39, 0.29) is 5.91 Å². The third-order valence-corrected chi connectivity index (χ3v) is 3.64. The van der Waals surface area contributed by atoms with E-state index >= 15 is 0 Å². The van der Waals surface area contributed by atoms with Crippen molar-refractivity contribution >= 4 is 11.6 Å². The first-order valence-electron chi connectivity index (χ1n) is 7.07. The number of amides is 1. The summed E-state index contributed by atoms with van der Waals surface area (Å²) < 4.78 is 5.09. The van der Waals surface area contributed by atoms with Crippen LogP contribution in [-0.4, -0.2) is 50.1 Å². The lowest BCUT2D eigenvalue weighted by Gasteiger charge is -2.33.